The molecule has 1 aliphatic rings. The number of aliphatic imine (C=N–C) groups is 2. The van der Waals surface area contributed by atoms with Crippen LogP contribution in [0.5, 0.6) is 17.2 Å². The molecule has 0 fully saturated rings. The van der Waals surface area contributed by atoms with E-state index in [1.54, 1.807) is 6.07 Å². The van der Waals surface area contributed by atoms with Gasteiger partial charge in [0.25, 0.3) is 0 Å². The van der Waals surface area contributed by atoms with Crippen LogP contribution >= 0.6 is 0 Å². The van der Waals surface area contributed by atoms with E-state index in [1.165, 1.54) is 0 Å². The molecule has 0 amide bonds. The van der Waals surface area contributed by atoms with Crippen LogP contribution in [0.15, 0.2) is 52.4 Å². The summed E-state index contributed by atoms with van der Waals surface area (Å²) in [5.41, 5.74) is 17.6. The number of fused-ring (bicyclic) bond motifs is 2. The maximum atomic E-state index is 5.85. The van der Waals surface area contributed by atoms with Crippen LogP contribution in [0, 0.1) is 0 Å². The van der Waals surface area contributed by atoms with Crippen LogP contribution in [0.25, 0.3) is 0 Å². The molecule has 0 spiro atoms. The first-order valence-electron chi connectivity index (χ1n) is 6.58. The number of guanidine groups is 2. The first-order valence-corrected chi connectivity index (χ1v) is 6.58. The molecule has 1 aliphatic heterocycles. The Morgan fingerprint density at radius 1 is 0.955 bits per heavy atom. The van der Waals surface area contributed by atoms with Gasteiger partial charge in [0.1, 0.15) is 12.4 Å². The minimum absolute atomic E-state index is 0.0151. The van der Waals surface area contributed by atoms with Gasteiger partial charge in [0, 0.05) is 5.56 Å². The molecule has 7 heteroatoms. The van der Waals surface area contributed by atoms with E-state index >= 15 is 0 Å². The molecule has 0 radical (unpaired) electrons. The fourth-order valence-electron chi connectivity index (χ4n) is 2.06. The Morgan fingerprint density at radius 3 is 2.50 bits per heavy atom. The molecule has 22 heavy (non-hydrogen) atoms. The fourth-order valence-corrected chi connectivity index (χ4v) is 2.06. The van der Waals surface area contributed by atoms with Crippen LogP contribution in [0.4, 0.5) is 5.69 Å². The van der Waals surface area contributed by atoms with E-state index in [2.05, 4.69) is 9.98 Å². The first-order chi connectivity index (χ1) is 10.6. The number of nitrogens with zero attached hydrogens (tertiary/aromatic N) is 2. The summed E-state index contributed by atoms with van der Waals surface area (Å²) in [6.45, 7) is 0.373. The summed E-state index contributed by atoms with van der Waals surface area (Å²) >= 11 is 0. The number of nitrogens with two attached hydrogens (primary N) is 3. The molecular weight excluding hydrogens is 282 g/mol. The van der Waals surface area contributed by atoms with Gasteiger partial charge in [0.2, 0.25) is 5.96 Å². The van der Waals surface area contributed by atoms with E-state index in [0.29, 0.717) is 29.5 Å². The molecule has 0 bridgehead atoms. The topological polar surface area (TPSA) is 121 Å². The molecule has 0 atom stereocenters. The van der Waals surface area contributed by atoms with Crippen LogP contribution in [-0.4, -0.2) is 11.9 Å². The second-order valence-corrected chi connectivity index (χ2v) is 4.64. The van der Waals surface area contributed by atoms with Crippen molar-refractivity contribution >= 4 is 17.6 Å². The minimum atomic E-state index is -0.141. The zero-order valence-electron chi connectivity index (χ0n) is 11.7. The Hall–Kier alpha value is -3.22. The molecule has 0 aliphatic carbocycles. The maximum absolute atomic E-state index is 5.85. The molecular formula is C15H15N5O2. The van der Waals surface area contributed by atoms with Gasteiger partial charge in [0.05, 0.1) is 5.69 Å². The summed E-state index contributed by atoms with van der Waals surface area (Å²) in [5.74, 6) is 1.93. The second-order valence-electron chi connectivity index (χ2n) is 4.64. The summed E-state index contributed by atoms with van der Waals surface area (Å²) in [4.78, 5) is 7.80. The fraction of sp³-hybridized carbons (Fsp3) is 0.0667. The Morgan fingerprint density at radius 2 is 1.73 bits per heavy atom. The molecule has 3 rings (SSSR count). The summed E-state index contributed by atoms with van der Waals surface area (Å²) < 4.78 is 11.6. The van der Waals surface area contributed by atoms with Crippen LogP contribution in [-0.2, 0) is 6.61 Å². The van der Waals surface area contributed by atoms with Gasteiger partial charge in [-0.05, 0) is 30.3 Å². The average Bonchev–Trinajstić information content (AvgIpc) is 2.65. The van der Waals surface area contributed by atoms with Gasteiger partial charge in [0.15, 0.2) is 17.5 Å². The highest BCUT2D eigenvalue weighted by Gasteiger charge is 2.15. The monoisotopic (exact) mass is 297 g/mol. The van der Waals surface area contributed by atoms with Crippen LogP contribution in [0.2, 0.25) is 0 Å². The van der Waals surface area contributed by atoms with Gasteiger partial charge >= 0.3 is 0 Å². The summed E-state index contributed by atoms with van der Waals surface area (Å²) in [7, 11) is 0. The number of rotatable bonds is 1. The van der Waals surface area contributed by atoms with Gasteiger partial charge in [-0.25, -0.2) is 4.99 Å². The predicted molar refractivity (Wildman–Crippen MR) is 84.4 cm³/mol. The quantitative estimate of drug-likeness (QED) is 0.545. The molecule has 0 saturated carbocycles. The number of ether oxygens (including phenoxy) is 2. The zero-order chi connectivity index (χ0) is 15.5. The first kappa shape index (κ1) is 13.7. The third-order valence-corrected chi connectivity index (χ3v) is 2.98. The van der Waals surface area contributed by atoms with Crippen molar-refractivity contribution in [1.82, 2.24) is 0 Å². The standard InChI is InChI=1S/C15H15N5O2/c16-14(17)20-15(18)19-10-5-6-11-9(7-10)8-21-12-3-1-2-4-13(12)22-11/h1-7H,8H2,(H6,16,17,18,19,20). The lowest BCUT2D eigenvalue weighted by molar-refractivity contribution is 0.307. The maximum Gasteiger partial charge on any atom is 0.223 e. The number of hydrogen-bond acceptors (Lipinski definition) is 3. The van der Waals surface area contributed by atoms with Crippen LogP contribution < -0.4 is 26.7 Å². The highest BCUT2D eigenvalue weighted by atomic mass is 16.5. The van der Waals surface area contributed by atoms with Crippen molar-refractivity contribution in [3.63, 3.8) is 0 Å². The SMILES string of the molecule is NC(N)=NC(N)=Nc1ccc2c(c1)COc1ccccc1O2. The van der Waals surface area contributed by atoms with E-state index in [1.807, 2.05) is 36.4 Å². The summed E-state index contributed by atoms with van der Waals surface area (Å²) in [6, 6.07) is 12.9. The number of hydrogen-bond donors (Lipinski definition) is 3. The lowest BCUT2D eigenvalue weighted by Crippen LogP contribution is -2.26. The van der Waals surface area contributed by atoms with E-state index in [4.69, 9.17) is 26.7 Å². The zero-order valence-corrected chi connectivity index (χ0v) is 11.7. The van der Waals surface area contributed by atoms with Crippen LogP contribution in [0.1, 0.15) is 5.56 Å². The van der Waals surface area contributed by atoms with E-state index in [-0.39, 0.29) is 11.9 Å². The van der Waals surface area contributed by atoms with Crippen molar-refractivity contribution < 1.29 is 9.47 Å². The summed E-state index contributed by atoms with van der Waals surface area (Å²) in [6.07, 6.45) is 0. The minimum Gasteiger partial charge on any atom is -0.485 e. The van der Waals surface area contributed by atoms with E-state index in [9.17, 15) is 0 Å². The normalized spacial score (nSPS) is 13.0. The van der Waals surface area contributed by atoms with Gasteiger partial charge in [-0.2, -0.15) is 4.99 Å². The third kappa shape index (κ3) is 2.93. The Labute approximate surface area is 127 Å². The number of benzene rings is 2. The van der Waals surface area contributed by atoms with E-state index in [0.717, 1.165) is 5.56 Å². The molecule has 6 N–H and O–H groups in total. The second kappa shape index (κ2) is 5.65. The molecule has 2 aromatic carbocycles. The van der Waals surface area contributed by atoms with Crippen molar-refractivity contribution in [3.05, 3.63) is 48.0 Å². The smallest absolute Gasteiger partial charge is 0.223 e. The lowest BCUT2D eigenvalue weighted by Gasteiger charge is -2.07. The highest BCUT2D eigenvalue weighted by Crippen LogP contribution is 2.38. The van der Waals surface area contributed by atoms with Crippen molar-refractivity contribution in [3.8, 4) is 17.2 Å². The highest BCUT2D eigenvalue weighted by molar-refractivity contribution is 5.93. The molecule has 7 nitrogen and oxygen atoms in total. The molecule has 2 aromatic rings. The molecule has 112 valence electrons. The van der Waals surface area contributed by atoms with Crippen molar-refractivity contribution in [1.29, 1.82) is 0 Å². The number of para-hydroxylation sites is 2. The van der Waals surface area contributed by atoms with E-state index < -0.39 is 0 Å². The van der Waals surface area contributed by atoms with Crippen molar-refractivity contribution in [2.75, 3.05) is 0 Å². The molecule has 0 unspecified atom stereocenters. The Balaban J connectivity index is 1.91. The molecule has 1 heterocycles. The average molecular weight is 297 g/mol. The van der Waals surface area contributed by atoms with Gasteiger partial charge in [-0.1, -0.05) is 12.1 Å². The molecule has 0 saturated heterocycles. The largest absolute Gasteiger partial charge is 0.485 e. The summed E-state index contributed by atoms with van der Waals surface area (Å²) in [5, 5.41) is 0. The Kier molecular flexibility index (Phi) is 3.53. The van der Waals surface area contributed by atoms with Crippen molar-refractivity contribution in [2.45, 2.75) is 6.61 Å². The van der Waals surface area contributed by atoms with Gasteiger partial charge < -0.3 is 26.7 Å². The van der Waals surface area contributed by atoms with Gasteiger partial charge in [-0.15, -0.1) is 0 Å². The Bertz CT molecular complexity index is 766. The lowest BCUT2D eigenvalue weighted by atomic mass is 10.2. The predicted octanol–water partition coefficient (Wildman–Crippen LogP) is 1.59. The van der Waals surface area contributed by atoms with Gasteiger partial charge in [-0.3, -0.25) is 0 Å². The van der Waals surface area contributed by atoms with Crippen LogP contribution in [0.3, 0.4) is 0 Å². The molecule has 0 aromatic heterocycles. The van der Waals surface area contributed by atoms with Crippen molar-refractivity contribution in [2.24, 2.45) is 27.2 Å². The third-order valence-electron chi connectivity index (χ3n) is 2.98.